The normalized spacial score (nSPS) is 15.7. The lowest BCUT2D eigenvalue weighted by atomic mass is 10.1. The molecule has 0 saturated carbocycles. The van der Waals surface area contributed by atoms with Crippen molar-refractivity contribution in [3.05, 3.63) is 24.4 Å². The minimum absolute atomic E-state index is 0.00312. The molecule has 0 spiro atoms. The second-order valence-electron chi connectivity index (χ2n) is 3.64. The molecule has 86 valence electrons. The molecule has 2 rings (SSSR count). The van der Waals surface area contributed by atoms with Gasteiger partial charge in [0.25, 0.3) is 0 Å². The third kappa shape index (κ3) is 2.49. The Labute approximate surface area is 94.0 Å². The van der Waals surface area contributed by atoms with Crippen LogP contribution in [-0.2, 0) is 9.53 Å². The van der Waals surface area contributed by atoms with Crippen molar-refractivity contribution >= 4 is 5.91 Å². The van der Waals surface area contributed by atoms with E-state index in [9.17, 15) is 4.79 Å². The quantitative estimate of drug-likeness (QED) is 0.736. The van der Waals surface area contributed by atoms with Crippen LogP contribution in [0.25, 0.3) is 0 Å². The molecule has 1 aliphatic heterocycles. The van der Waals surface area contributed by atoms with Crippen LogP contribution in [-0.4, -0.2) is 48.7 Å². The SMILES string of the molecule is COCC(=O)N1CC(Oc2ccccn2)C1. The molecule has 5 nitrogen and oxygen atoms in total. The maximum absolute atomic E-state index is 11.4. The van der Waals surface area contributed by atoms with Crippen molar-refractivity contribution in [1.29, 1.82) is 0 Å². The van der Waals surface area contributed by atoms with E-state index < -0.39 is 0 Å². The lowest BCUT2D eigenvalue weighted by Crippen LogP contribution is -2.57. The summed E-state index contributed by atoms with van der Waals surface area (Å²) in [6.07, 6.45) is 1.73. The van der Waals surface area contributed by atoms with E-state index in [0.29, 0.717) is 19.0 Å². The zero-order chi connectivity index (χ0) is 11.4. The maximum Gasteiger partial charge on any atom is 0.248 e. The lowest BCUT2D eigenvalue weighted by Gasteiger charge is -2.38. The van der Waals surface area contributed by atoms with Crippen LogP contribution < -0.4 is 4.74 Å². The van der Waals surface area contributed by atoms with Gasteiger partial charge < -0.3 is 14.4 Å². The Balaban J connectivity index is 1.75. The molecule has 16 heavy (non-hydrogen) atoms. The fourth-order valence-electron chi connectivity index (χ4n) is 1.52. The van der Waals surface area contributed by atoms with Crippen LogP contribution >= 0.6 is 0 Å². The number of likely N-dealkylation sites (tertiary alicyclic amines) is 1. The fourth-order valence-corrected chi connectivity index (χ4v) is 1.52. The Morgan fingerprint density at radius 3 is 3.00 bits per heavy atom. The lowest BCUT2D eigenvalue weighted by molar-refractivity contribution is -0.144. The molecule has 2 heterocycles. The zero-order valence-corrected chi connectivity index (χ0v) is 9.13. The van der Waals surface area contributed by atoms with Crippen molar-refractivity contribution < 1.29 is 14.3 Å². The van der Waals surface area contributed by atoms with Gasteiger partial charge >= 0.3 is 0 Å². The summed E-state index contributed by atoms with van der Waals surface area (Å²) < 4.78 is 10.3. The fraction of sp³-hybridized carbons (Fsp3) is 0.455. The van der Waals surface area contributed by atoms with Gasteiger partial charge in [0.15, 0.2) is 0 Å². The van der Waals surface area contributed by atoms with Gasteiger partial charge in [0.1, 0.15) is 12.7 Å². The molecule has 1 amide bonds. The number of pyridine rings is 1. The highest BCUT2D eigenvalue weighted by Gasteiger charge is 2.32. The standard InChI is InChI=1S/C11H14N2O3/c1-15-8-11(14)13-6-9(7-13)16-10-4-2-3-5-12-10/h2-5,9H,6-8H2,1H3. The molecule has 1 fully saturated rings. The molecule has 1 aromatic heterocycles. The van der Waals surface area contributed by atoms with E-state index in [0.717, 1.165) is 0 Å². The highest BCUT2D eigenvalue weighted by Crippen LogP contribution is 2.15. The minimum atomic E-state index is 0.00312. The van der Waals surface area contributed by atoms with Crippen LogP contribution in [0.3, 0.4) is 0 Å². The molecule has 1 saturated heterocycles. The summed E-state index contributed by atoms with van der Waals surface area (Å²) in [6, 6.07) is 5.51. The summed E-state index contributed by atoms with van der Waals surface area (Å²) in [5, 5.41) is 0. The molecule has 0 aromatic carbocycles. The average molecular weight is 222 g/mol. The predicted octanol–water partition coefficient (Wildman–Crippen LogP) is 0.318. The number of nitrogens with zero attached hydrogens (tertiary/aromatic N) is 2. The van der Waals surface area contributed by atoms with Gasteiger partial charge in [-0.3, -0.25) is 4.79 Å². The summed E-state index contributed by atoms with van der Waals surface area (Å²) in [5.74, 6) is 0.606. The number of aromatic nitrogens is 1. The van der Waals surface area contributed by atoms with Crippen LogP contribution in [0.5, 0.6) is 5.88 Å². The van der Waals surface area contributed by atoms with Crippen LogP contribution in [0, 0.1) is 0 Å². The number of carbonyl (C=O) groups excluding carboxylic acids is 1. The van der Waals surface area contributed by atoms with Gasteiger partial charge in [-0.1, -0.05) is 6.07 Å². The molecule has 0 N–H and O–H groups in total. The van der Waals surface area contributed by atoms with E-state index in [1.807, 2.05) is 12.1 Å². The van der Waals surface area contributed by atoms with Crippen molar-refractivity contribution in [3.8, 4) is 5.88 Å². The number of hydrogen-bond donors (Lipinski definition) is 0. The Morgan fingerprint density at radius 2 is 2.38 bits per heavy atom. The van der Waals surface area contributed by atoms with Gasteiger partial charge in [-0.25, -0.2) is 4.98 Å². The van der Waals surface area contributed by atoms with E-state index in [1.54, 1.807) is 17.2 Å². The molecule has 0 bridgehead atoms. The molecular formula is C11H14N2O3. The second-order valence-corrected chi connectivity index (χ2v) is 3.64. The highest BCUT2D eigenvalue weighted by molar-refractivity contribution is 5.78. The van der Waals surface area contributed by atoms with Gasteiger partial charge in [0.2, 0.25) is 11.8 Å². The van der Waals surface area contributed by atoms with Crippen molar-refractivity contribution in [1.82, 2.24) is 9.88 Å². The van der Waals surface area contributed by atoms with E-state index in [4.69, 9.17) is 9.47 Å². The summed E-state index contributed by atoms with van der Waals surface area (Å²) in [7, 11) is 1.51. The number of rotatable bonds is 4. The summed E-state index contributed by atoms with van der Waals surface area (Å²) in [4.78, 5) is 17.1. The molecule has 1 aromatic rings. The van der Waals surface area contributed by atoms with Crippen LogP contribution in [0.15, 0.2) is 24.4 Å². The number of ether oxygens (including phenoxy) is 2. The Bertz CT molecular complexity index is 350. The minimum Gasteiger partial charge on any atom is -0.471 e. The second kappa shape index (κ2) is 4.94. The van der Waals surface area contributed by atoms with E-state index in [-0.39, 0.29) is 18.6 Å². The van der Waals surface area contributed by atoms with Crippen LogP contribution in [0.4, 0.5) is 0 Å². The number of methoxy groups -OCH3 is 1. The van der Waals surface area contributed by atoms with Crippen LogP contribution in [0.2, 0.25) is 0 Å². The van der Waals surface area contributed by atoms with Gasteiger partial charge in [0.05, 0.1) is 13.1 Å². The molecule has 0 radical (unpaired) electrons. The first-order valence-corrected chi connectivity index (χ1v) is 5.14. The van der Waals surface area contributed by atoms with Gasteiger partial charge in [-0.15, -0.1) is 0 Å². The third-order valence-corrected chi connectivity index (χ3v) is 2.39. The Kier molecular flexibility index (Phi) is 3.36. The van der Waals surface area contributed by atoms with Crippen molar-refractivity contribution in [3.63, 3.8) is 0 Å². The summed E-state index contributed by atoms with van der Waals surface area (Å²) in [5.41, 5.74) is 0. The monoisotopic (exact) mass is 222 g/mol. The highest BCUT2D eigenvalue weighted by atomic mass is 16.5. The zero-order valence-electron chi connectivity index (χ0n) is 9.13. The first kappa shape index (κ1) is 10.9. The van der Waals surface area contributed by atoms with Gasteiger partial charge in [-0.2, -0.15) is 0 Å². The molecule has 0 unspecified atom stereocenters. The number of carbonyl (C=O) groups is 1. The maximum atomic E-state index is 11.4. The summed E-state index contributed by atoms with van der Waals surface area (Å²) in [6.45, 7) is 1.36. The molecule has 0 aliphatic carbocycles. The first-order valence-electron chi connectivity index (χ1n) is 5.14. The van der Waals surface area contributed by atoms with E-state index >= 15 is 0 Å². The molecule has 0 atom stereocenters. The van der Waals surface area contributed by atoms with Crippen molar-refractivity contribution in [2.45, 2.75) is 6.10 Å². The van der Waals surface area contributed by atoms with Crippen molar-refractivity contribution in [2.75, 3.05) is 26.8 Å². The largest absolute Gasteiger partial charge is 0.471 e. The number of amides is 1. The van der Waals surface area contributed by atoms with Crippen molar-refractivity contribution in [2.24, 2.45) is 0 Å². The van der Waals surface area contributed by atoms with E-state index in [1.165, 1.54) is 7.11 Å². The van der Waals surface area contributed by atoms with Gasteiger partial charge in [0, 0.05) is 19.4 Å². The van der Waals surface area contributed by atoms with Gasteiger partial charge in [-0.05, 0) is 6.07 Å². The Morgan fingerprint density at radius 1 is 1.56 bits per heavy atom. The first-order chi connectivity index (χ1) is 7.79. The molecule has 5 heteroatoms. The molecule has 1 aliphatic rings. The third-order valence-electron chi connectivity index (χ3n) is 2.39. The average Bonchev–Trinajstić information content (AvgIpc) is 2.24. The van der Waals surface area contributed by atoms with E-state index in [2.05, 4.69) is 4.98 Å². The topological polar surface area (TPSA) is 51.7 Å². The smallest absolute Gasteiger partial charge is 0.248 e. The molecular weight excluding hydrogens is 208 g/mol. The predicted molar refractivity (Wildman–Crippen MR) is 57.1 cm³/mol. The Hall–Kier alpha value is -1.62. The van der Waals surface area contributed by atoms with Crippen LogP contribution in [0.1, 0.15) is 0 Å². The summed E-state index contributed by atoms with van der Waals surface area (Å²) >= 11 is 0. The number of hydrogen-bond acceptors (Lipinski definition) is 4.